The summed E-state index contributed by atoms with van der Waals surface area (Å²) in [6.45, 7) is 2.56. The Hall–Kier alpha value is -1.75. The number of carbonyl (C=O) groups excluding carboxylic acids is 1. The fourth-order valence-electron chi connectivity index (χ4n) is 2.92. The first-order valence-corrected chi connectivity index (χ1v) is 8.43. The van der Waals surface area contributed by atoms with Crippen LogP contribution in [0.3, 0.4) is 0 Å². The SMILES string of the molecule is Cc1csc(CCNC(=O)C2(c3ccc(F)cc3)CCC2)n1. The van der Waals surface area contributed by atoms with Crippen molar-refractivity contribution < 1.29 is 9.18 Å². The van der Waals surface area contributed by atoms with E-state index in [9.17, 15) is 9.18 Å². The molecule has 1 fully saturated rings. The average molecular weight is 318 g/mol. The van der Waals surface area contributed by atoms with Crippen LogP contribution in [0.2, 0.25) is 0 Å². The molecule has 5 heteroatoms. The van der Waals surface area contributed by atoms with Gasteiger partial charge >= 0.3 is 0 Å². The molecule has 2 aromatic rings. The van der Waals surface area contributed by atoms with Crippen molar-refractivity contribution >= 4 is 17.2 Å². The Morgan fingerprint density at radius 2 is 2.09 bits per heavy atom. The Morgan fingerprint density at radius 1 is 1.36 bits per heavy atom. The van der Waals surface area contributed by atoms with E-state index in [1.807, 2.05) is 12.3 Å². The van der Waals surface area contributed by atoms with E-state index >= 15 is 0 Å². The number of rotatable bonds is 5. The van der Waals surface area contributed by atoms with Crippen molar-refractivity contribution in [1.29, 1.82) is 0 Å². The van der Waals surface area contributed by atoms with Crippen molar-refractivity contribution in [2.75, 3.05) is 6.54 Å². The summed E-state index contributed by atoms with van der Waals surface area (Å²) in [6, 6.07) is 6.33. The van der Waals surface area contributed by atoms with Crippen LogP contribution in [0.25, 0.3) is 0 Å². The van der Waals surface area contributed by atoms with E-state index in [0.29, 0.717) is 6.54 Å². The first-order valence-electron chi connectivity index (χ1n) is 7.55. The lowest BCUT2D eigenvalue weighted by Crippen LogP contribution is -2.49. The summed E-state index contributed by atoms with van der Waals surface area (Å²) in [5, 5.41) is 6.09. The number of nitrogens with zero attached hydrogens (tertiary/aromatic N) is 1. The Labute approximate surface area is 133 Å². The van der Waals surface area contributed by atoms with Gasteiger partial charge in [0.25, 0.3) is 0 Å². The molecule has 1 aromatic heterocycles. The van der Waals surface area contributed by atoms with Crippen LogP contribution in [0.15, 0.2) is 29.6 Å². The topological polar surface area (TPSA) is 42.0 Å². The van der Waals surface area contributed by atoms with Gasteiger partial charge in [-0.05, 0) is 37.5 Å². The predicted octanol–water partition coefficient (Wildman–Crippen LogP) is 3.37. The van der Waals surface area contributed by atoms with Crippen molar-refractivity contribution in [3.8, 4) is 0 Å². The molecule has 0 radical (unpaired) electrons. The summed E-state index contributed by atoms with van der Waals surface area (Å²) in [5.41, 5.74) is 1.47. The van der Waals surface area contributed by atoms with Gasteiger partial charge in [-0.3, -0.25) is 4.79 Å². The van der Waals surface area contributed by atoms with Crippen molar-refractivity contribution in [2.24, 2.45) is 0 Å². The Kier molecular flexibility index (Phi) is 4.25. The highest BCUT2D eigenvalue weighted by Crippen LogP contribution is 2.43. The molecule has 1 aliphatic rings. The molecule has 1 heterocycles. The number of thiazole rings is 1. The van der Waals surface area contributed by atoms with E-state index < -0.39 is 5.41 Å². The molecular formula is C17H19FN2OS. The molecule has 3 nitrogen and oxygen atoms in total. The summed E-state index contributed by atoms with van der Waals surface area (Å²) in [4.78, 5) is 17.0. The number of benzene rings is 1. The molecule has 1 aromatic carbocycles. The molecular weight excluding hydrogens is 299 g/mol. The minimum atomic E-state index is -0.466. The van der Waals surface area contributed by atoms with E-state index in [4.69, 9.17) is 0 Å². The Balaban J connectivity index is 1.63. The fourth-order valence-corrected chi connectivity index (χ4v) is 3.69. The quantitative estimate of drug-likeness (QED) is 0.918. The smallest absolute Gasteiger partial charge is 0.230 e. The third kappa shape index (κ3) is 2.90. The minimum Gasteiger partial charge on any atom is -0.355 e. The van der Waals surface area contributed by atoms with Gasteiger partial charge < -0.3 is 5.32 Å². The molecule has 1 aliphatic carbocycles. The normalized spacial score (nSPS) is 16.1. The van der Waals surface area contributed by atoms with Crippen LogP contribution in [0.1, 0.15) is 35.5 Å². The van der Waals surface area contributed by atoms with Crippen molar-refractivity contribution in [3.05, 3.63) is 51.7 Å². The van der Waals surface area contributed by atoms with Crippen LogP contribution in [0.5, 0.6) is 0 Å². The third-order valence-electron chi connectivity index (χ3n) is 4.33. The van der Waals surface area contributed by atoms with Crippen LogP contribution in [-0.4, -0.2) is 17.4 Å². The maximum absolute atomic E-state index is 13.1. The van der Waals surface area contributed by atoms with Gasteiger partial charge in [-0.1, -0.05) is 18.6 Å². The summed E-state index contributed by atoms with van der Waals surface area (Å²) in [7, 11) is 0. The lowest BCUT2D eigenvalue weighted by Gasteiger charge is -2.40. The highest BCUT2D eigenvalue weighted by atomic mass is 32.1. The molecule has 22 heavy (non-hydrogen) atoms. The van der Waals surface area contributed by atoms with Gasteiger partial charge in [-0.25, -0.2) is 9.37 Å². The fraction of sp³-hybridized carbons (Fsp3) is 0.412. The molecule has 1 saturated carbocycles. The minimum absolute atomic E-state index is 0.0543. The largest absolute Gasteiger partial charge is 0.355 e. The molecule has 0 saturated heterocycles. The number of amides is 1. The van der Waals surface area contributed by atoms with Crippen molar-refractivity contribution in [2.45, 2.75) is 38.0 Å². The van der Waals surface area contributed by atoms with Gasteiger partial charge in [0.1, 0.15) is 5.82 Å². The van der Waals surface area contributed by atoms with Crippen molar-refractivity contribution in [3.63, 3.8) is 0 Å². The predicted molar refractivity (Wildman–Crippen MR) is 85.5 cm³/mol. The molecule has 1 amide bonds. The molecule has 1 N–H and O–H groups in total. The van der Waals surface area contributed by atoms with Crippen LogP contribution >= 0.6 is 11.3 Å². The number of hydrogen-bond donors (Lipinski definition) is 1. The monoisotopic (exact) mass is 318 g/mol. The van der Waals surface area contributed by atoms with Crippen LogP contribution in [0, 0.1) is 12.7 Å². The van der Waals surface area contributed by atoms with Gasteiger partial charge in [0, 0.05) is 24.0 Å². The maximum atomic E-state index is 13.1. The number of halogens is 1. The van der Waals surface area contributed by atoms with Gasteiger partial charge in [0.15, 0.2) is 0 Å². The lowest BCUT2D eigenvalue weighted by atomic mass is 9.64. The molecule has 0 bridgehead atoms. The second kappa shape index (κ2) is 6.16. The summed E-state index contributed by atoms with van der Waals surface area (Å²) in [5.74, 6) is -0.212. The number of aromatic nitrogens is 1. The van der Waals surface area contributed by atoms with Gasteiger partial charge in [-0.2, -0.15) is 0 Å². The highest BCUT2D eigenvalue weighted by molar-refractivity contribution is 7.09. The number of hydrogen-bond acceptors (Lipinski definition) is 3. The van der Waals surface area contributed by atoms with Crippen LogP contribution in [0.4, 0.5) is 4.39 Å². The number of nitrogens with one attached hydrogen (secondary N) is 1. The third-order valence-corrected chi connectivity index (χ3v) is 5.36. The van der Waals surface area contributed by atoms with E-state index in [-0.39, 0.29) is 11.7 Å². The zero-order valence-corrected chi connectivity index (χ0v) is 13.4. The molecule has 116 valence electrons. The zero-order chi connectivity index (χ0) is 15.6. The molecule has 0 aliphatic heterocycles. The molecule has 3 rings (SSSR count). The molecule has 0 unspecified atom stereocenters. The molecule has 0 atom stereocenters. The Morgan fingerprint density at radius 3 is 2.64 bits per heavy atom. The second-order valence-corrected chi connectivity index (χ2v) is 6.77. The average Bonchev–Trinajstić information content (AvgIpc) is 2.85. The number of carbonyl (C=O) groups is 1. The maximum Gasteiger partial charge on any atom is 0.230 e. The van der Waals surface area contributed by atoms with Gasteiger partial charge in [0.05, 0.1) is 10.4 Å². The van der Waals surface area contributed by atoms with E-state index in [2.05, 4.69) is 10.3 Å². The van der Waals surface area contributed by atoms with Gasteiger partial charge in [-0.15, -0.1) is 11.3 Å². The van der Waals surface area contributed by atoms with Crippen molar-refractivity contribution in [1.82, 2.24) is 10.3 Å². The van der Waals surface area contributed by atoms with E-state index in [1.165, 1.54) is 12.1 Å². The summed E-state index contributed by atoms with van der Waals surface area (Å²) in [6.07, 6.45) is 3.46. The molecule has 0 spiro atoms. The van der Waals surface area contributed by atoms with Gasteiger partial charge in [0.2, 0.25) is 5.91 Å². The van der Waals surface area contributed by atoms with E-state index in [0.717, 1.165) is 41.9 Å². The van der Waals surface area contributed by atoms with Crippen LogP contribution in [-0.2, 0) is 16.6 Å². The Bertz CT molecular complexity index is 662. The zero-order valence-electron chi connectivity index (χ0n) is 12.6. The highest BCUT2D eigenvalue weighted by Gasteiger charge is 2.45. The lowest BCUT2D eigenvalue weighted by molar-refractivity contribution is -0.129. The second-order valence-electron chi connectivity index (χ2n) is 5.83. The number of aryl methyl sites for hydroxylation is 1. The van der Waals surface area contributed by atoms with Crippen LogP contribution < -0.4 is 5.32 Å². The standard InChI is InChI=1S/C17H19FN2OS/c1-12-11-22-15(20-12)7-10-19-16(21)17(8-2-9-17)13-3-5-14(18)6-4-13/h3-6,11H,2,7-10H2,1H3,(H,19,21). The first-order chi connectivity index (χ1) is 10.6. The van der Waals surface area contributed by atoms with E-state index in [1.54, 1.807) is 23.5 Å². The summed E-state index contributed by atoms with van der Waals surface area (Å²) < 4.78 is 13.1. The summed E-state index contributed by atoms with van der Waals surface area (Å²) >= 11 is 1.62. The first kappa shape index (κ1) is 15.2.